The minimum atomic E-state index is -0.168. The van der Waals surface area contributed by atoms with Crippen LogP contribution in [0.1, 0.15) is 25.3 Å². The molecule has 1 aliphatic rings. The lowest BCUT2D eigenvalue weighted by Crippen LogP contribution is -2.69. The summed E-state index contributed by atoms with van der Waals surface area (Å²) in [5.74, 6) is 0. The molecule has 18 heavy (non-hydrogen) atoms. The third-order valence-electron chi connectivity index (χ3n) is 3.32. The van der Waals surface area contributed by atoms with E-state index >= 15 is 0 Å². The summed E-state index contributed by atoms with van der Waals surface area (Å²) in [5, 5.41) is 2.90. The smallest absolute Gasteiger partial charge is 0.321 e. The van der Waals surface area contributed by atoms with Crippen molar-refractivity contribution in [1.29, 1.82) is 0 Å². The van der Waals surface area contributed by atoms with Gasteiger partial charge < -0.3 is 16.0 Å². The van der Waals surface area contributed by atoms with Gasteiger partial charge in [-0.3, -0.25) is 0 Å². The van der Waals surface area contributed by atoms with Crippen LogP contribution in [0.2, 0.25) is 0 Å². The molecule has 98 valence electrons. The van der Waals surface area contributed by atoms with Gasteiger partial charge in [-0.2, -0.15) is 0 Å². The molecule has 1 saturated heterocycles. The largest absolute Gasteiger partial charge is 0.322 e. The number of hydrogen-bond donors (Lipinski definition) is 2. The van der Waals surface area contributed by atoms with Crippen LogP contribution in [0.15, 0.2) is 24.3 Å². The zero-order valence-corrected chi connectivity index (χ0v) is 11.1. The predicted octanol–water partition coefficient (Wildman–Crippen LogP) is 2.34. The molecule has 0 aromatic heterocycles. The van der Waals surface area contributed by atoms with E-state index in [1.807, 2.05) is 31.2 Å². The first-order valence-corrected chi connectivity index (χ1v) is 6.44. The molecule has 2 amide bonds. The number of rotatable bonds is 3. The Morgan fingerprint density at radius 1 is 1.50 bits per heavy atom. The number of carbonyl (C=O) groups excluding carboxylic acids is 1. The molecule has 0 bridgehead atoms. The minimum Gasteiger partial charge on any atom is -0.322 e. The summed E-state index contributed by atoms with van der Waals surface area (Å²) in [7, 11) is 0. The predicted molar refractivity (Wildman–Crippen MR) is 73.6 cm³/mol. The van der Waals surface area contributed by atoms with Gasteiger partial charge in [0.2, 0.25) is 0 Å². The molecule has 2 rings (SSSR count). The molecule has 0 atom stereocenters. The lowest BCUT2D eigenvalue weighted by molar-refractivity contribution is 0.0980. The number of aryl methyl sites for hydroxylation is 1. The Bertz CT molecular complexity index is 438. The number of nitrogens with zero attached hydrogens (tertiary/aromatic N) is 1. The van der Waals surface area contributed by atoms with E-state index in [0.717, 1.165) is 24.1 Å². The SMILES string of the molecule is CCCC1(N)CN(C(=O)Nc2cccc(C)c2)C1. The van der Waals surface area contributed by atoms with Gasteiger partial charge in [-0.05, 0) is 31.0 Å². The zero-order chi connectivity index (χ0) is 13.2. The van der Waals surface area contributed by atoms with Gasteiger partial charge in [-0.15, -0.1) is 0 Å². The fourth-order valence-electron chi connectivity index (χ4n) is 2.44. The Morgan fingerprint density at radius 3 is 2.83 bits per heavy atom. The van der Waals surface area contributed by atoms with Gasteiger partial charge in [-0.1, -0.05) is 25.5 Å². The molecule has 4 heteroatoms. The fourth-order valence-corrected chi connectivity index (χ4v) is 2.44. The number of likely N-dealkylation sites (tertiary alicyclic amines) is 1. The molecule has 0 aliphatic carbocycles. The summed E-state index contributed by atoms with van der Waals surface area (Å²) in [5.41, 5.74) is 7.94. The Labute approximate surface area is 108 Å². The maximum Gasteiger partial charge on any atom is 0.321 e. The number of benzene rings is 1. The number of urea groups is 1. The second-order valence-corrected chi connectivity index (χ2v) is 5.27. The van der Waals surface area contributed by atoms with Gasteiger partial charge >= 0.3 is 6.03 Å². The molecule has 0 unspecified atom stereocenters. The molecule has 0 saturated carbocycles. The number of nitrogens with one attached hydrogen (secondary N) is 1. The summed E-state index contributed by atoms with van der Waals surface area (Å²) in [6, 6.07) is 7.74. The van der Waals surface area contributed by atoms with Crippen molar-refractivity contribution >= 4 is 11.7 Å². The topological polar surface area (TPSA) is 58.4 Å². The Balaban J connectivity index is 1.87. The third kappa shape index (κ3) is 2.82. The van der Waals surface area contributed by atoms with Crippen LogP contribution in [-0.2, 0) is 0 Å². The van der Waals surface area contributed by atoms with E-state index in [0.29, 0.717) is 13.1 Å². The summed E-state index contributed by atoms with van der Waals surface area (Å²) < 4.78 is 0. The van der Waals surface area contributed by atoms with Crippen molar-refractivity contribution in [3.05, 3.63) is 29.8 Å². The van der Waals surface area contributed by atoms with E-state index in [-0.39, 0.29) is 11.6 Å². The molecular weight excluding hydrogens is 226 g/mol. The fraction of sp³-hybridized carbons (Fsp3) is 0.500. The van der Waals surface area contributed by atoms with Crippen LogP contribution in [0.4, 0.5) is 10.5 Å². The Hall–Kier alpha value is -1.55. The highest BCUT2D eigenvalue weighted by molar-refractivity contribution is 5.90. The number of nitrogens with two attached hydrogens (primary N) is 1. The number of anilines is 1. The Kier molecular flexibility index (Phi) is 3.57. The molecule has 3 N–H and O–H groups in total. The maximum atomic E-state index is 12.0. The van der Waals surface area contributed by atoms with Gasteiger partial charge in [0.05, 0.1) is 5.54 Å². The van der Waals surface area contributed by atoms with Gasteiger partial charge in [-0.25, -0.2) is 4.79 Å². The molecule has 0 spiro atoms. The summed E-state index contributed by atoms with van der Waals surface area (Å²) >= 11 is 0. The first-order chi connectivity index (χ1) is 8.52. The average molecular weight is 247 g/mol. The van der Waals surface area contributed by atoms with Crippen molar-refractivity contribution in [3.8, 4) is 0 Å². The van der Waals surface area contributed by atoms with Crippen molar-refractivity contribution in [2.24, 2.45) is 5.73 Å². The molecule has 1 aromatic rings. The molecule has 1 aromatic carbocycles. The van der Waals surface area contributed by atoms with E-state index in [2.05, 4.69) is 12.2 Å². The summed E-state index contributed by atoms with van der Waals surface area (Å²) in [6.45, 7) is 5.42. The van der Waals surface area contributed by atoms with Crippen molar-refractivity contribution in [2.75, 3.05) is 18.4 Å². The van der Waals surface area contributed by atoms with E-state index in [4.69, 9.17) is 5.73 Å². The number of hydrogen-bond acceptors (Lipinski definition) is 2. The standard InChI is InChI=1S/C14H21N3O/c1-3-7-14(15)9-17(10-14)13(18)16-12-6-4-5-11(2)8-12/h4-6,8H,3,7,9-10,15H2,1-2H3,(H,16,18). The lowest BCUT2D eigenvalue weighted by atomic mass is 9.87. The average Bonchev–Trinajstić information content (AvgIpc) is 2.26. The number of amides is 2. The first-order valence-electron chi connectivity index (χ1n) is 6.44. The van der Waals surface area contributed by atoms with Crippen molar-refractivity contribution in [2.45, 2.75) is 32.2 Å². The normalized spacial score (nSPS) is 17.2. The molecule has 0 radical (unpaired) electrons. The monoisotopic (exact) mass is 247 g/mol. The summed E-state index contributed by atoms with van der Waals surface area (Å²) in [6.07, 6.45) is 2.03. The highest BCUT2D eigenvalue weighted by atomic mass is 16.2. The van der Waals surface area contributed by atoms with E-state index < -0.39 is 0 Å². The van der Waals surface area contributed by atoms with Crippen LogP contribution in [0, 0.1) is 6.92 Å². The lowest BCUT2D eigenvalue weighted by Gasteiger charge is -2.47. The van der Waals surface area contributed by atoms with Crippen molar-refractivity contribution in [1.82, 2.24) is 4.90 Å². The molecule has 4 nitrogen and oxygen atoms in total. The molecular formula is C14H21N3O. The van der Waals surface area contributed by atoms with Gasteiger partial charge in [0.25, 0.3) is 0 Å². The van der Waals surface area contributed by atoms with E-state index in [1.165, 1.54) is 0 Å². The maximum absolute atomic E-state index is 12.0. The van der Waals surface area contributed by atoms with Gasteiger partial charge in [0, 0.05) is 18.8 Å². The van der Waals surface area contributed by atoms with Crippen molar-refractivity contribution in [3.63, 3.8) is 0 Å². The highest BCUT2D eigenvalue weighted by Gasteiger charge is 2.41. The van der Waals surface area contributed by atoms with Crippen LogP contribution in [0.3, 0.4) is 0 Å². The highest BCUT2D eigenvalue weighted by Crippen LogP contribution is 2.24. The van der Waals surface area contributed by atoms with Crippen LogP contribution in [-0.4, -0.2) is 29.6 Å². The molecule has 1 heterocycles. The van der Waals surface area contributed by atoms with Gasteiger partial charge in [0.1, 0.15) is 0 Å². The van der Waals surface area contributed by atoms with Crippen LogP contribution >= 0.6 is 0 Å². The second kappa shape index (κ2) is 4.98. The summed E-state index contributed by atoms with van der Waals surface area (Å²) in [4.78, 5) is 13.7. The first kappa shape index (κ1) is 12.9. The van der Waals surface area contributed by atoms with Crippen LogP contribution in [0.5, 0.6) is 0 Å². The molecule has 1 fully saturated rings. The van der Waals surface area contributed by atoms with E-state index in [9.17, 15) is 4.79 Å². The Morgan fingerprint density at radius 2 is 2.22 bits per heavy atom. The van der Waals surface area contributed by atoms with E-state index in [1.54, 1.807) is 4.90 Å². The van der Waals surface area contributed by atoms with Gasteiger partial charge in [0.15, 0.2) is 0 Å². The van der Waals surface area contributed by atoms with Crippen molar-refractivity contribution < 1.29 is 4.79 Å². The number of carbonyl (C=O) groups is 1. The molecule has 1 aliphatic heterocycles. The third-order valence-corrected chi connectivity index (χ3v) is 3.32. The van der Waals surface area contributed by atoms with Crippen LogP contribution in [0.25, 0.3) is 0 Å². The second-order valence-electron chi connectivity index (χ2n) is 5.27. The zero-order valence-electron chi connectivity index (χ0n) is 11.1. The minimum absolute atomic E-state index is 0.0576. The van der Waals surface area contributed by atoms with Crippen LogP contribution < -0.4 is 11.1 Å². The quantitative estimate of drug-likeness (QED) is 0.861.